The fraction of sp³-hybridized carbons (Fsp3) is 0.364. The fourth-order valence-electron chi connectivity index (χ4n) is 4.01. The van der Waals surface area contributed by atoms with Gasteiger partial charge < -0.3 is 9.84 Å². The molecule has 1 aliphatic carbocycles. The molecule has 166 valence electrons. The predicted molar refractivity (Wildman–Crippen MR) is 118 cm³/mol. The molecular formula is C22H22N4O6. The van der Waals surface area contributed by atoms with Crippen molar-refractivity contribution in [3.63, 3.8) is 0 Å². The summed E-state index contributed by atoms with van der Waals surface area (Å²) in [6, 6.07) is 6.08. The number of hydrogen-bond donors (Lipinski definition) is 1. The van der Waals surface area contributed by atoms with Gasteiger partial charge >= 0.3 is 11.4 Å². The molecule has 10 heteroatoms. The molecule has 0 radical (unpaired) electrons. The number of phenolic OH excluding ortho intramolecular Hbond substituents is 1. The van der Waals surface area contributed by atoms with Crippen molar-refractivity contribution in [1.29, 1.82) is 0 Å². The van der Waals surface area contributed by atoms with Crippen molar-refractivity contribution >= 4 is 23.8 Å². The van der Waals surface area contributed by atoms with Gasteiger partial charge in [0.25, 0.3) is 0 Å². The summed E-state index contributed by atoms with van der Waals surface area (Å²) in [5.74, 6) is 0.107. The van der Waals surface area contributed by atoms with Crippen molar-refractivity contribution in [3.8, 4) is 11.5 Å². The van der Waals surface area contributed by atoms with Crippen LogP contribution in [0.4, 0.5) is 11.4 Å². The molecule has 1 N–H and O–H groups in total. The summed E-state index contributed by atoms with van der Waals surface area (Å²) < 4.78 is 5.88. The van der Waals surface area contributed by atoms with Crippen LogP contribution in [-0.4, -0.2) is 33.5 Å². The van der Waals surface area contributed by atoms with Crippen LogP contribution >= 0.6 is 0 Å². The van der Waals surface area contributed by atoms with E-state index in [0.29, 0.717) is 24.4 Å². The monoisotopic (exact) mass is 438 g/mol. The van der Waals surface area contributed by atoms with Gasteiger partial charge in [0.2, 0.25) is 0 Å². The van der Waals surface area contributed by atoms with E-state index in [1.54, 1.807) is 24.6 Å². The van der Waals surface area contributed by atoms with Crippen LogP contribution in [0.1, 0.15) is 54.4 Å². The first kappa shape index (κ1) is 21.4. The Hall–Kier alpha value is -3.82. The van der Waals surface area contributed by atoms with Crippen LogP contribution in [0, 0.1) is 20.2 Å². The molecule has 0 aromatic heterocycles. The summed E-state index contributed by atoms with van der Waals surface area (Å²) in [5, 5.41) is 30.8. The SMILES string of the molecule is O=[N+]([O-])c1cc2c(cc1O)CN=C2.O=[N+]([O-])c1cc2c(cc1OC1CCCCC1)CN=C2. The number of phenols is 1. The Morgan fingerprint density at radius 2 is 1.41 bits per heavy atom. The van der Waals surface area contributed by atoms with Crippen molar-refractivity contribution in [3.05, 3.63) is 66.7 Å². The Balaban J connectivity index is 0.000000165. The predicted octanol–water partition coefficient (Wildman–Crippen LogP) is 4.47. The number of fused-ring (bicyclic) bond motifs is 2. The zero-order valence-electron chi connectivity index (χ0n) is 17.3. The quantitative estimate of drug-likeness (QED) is 0.551. The fourth-order valence-corrected chi connectivity index (χ4v) is 4.01. The summed E-state index contributed by atoms with van der Waals surface area (Å²) in [4.78, 5) is 28.7. The number of aromatic hydroxyl groups is 1. The maximum absolute atomic E-state index is 11.1. The number of ether oxygens (including phenoxy) is 1. The first-order valence-corrected chi connectivity index (χ1v) is 10.4. The smallest absolute Gasteiger partial charge is 0.311 e. The topological polar surface area (TPSA) is 140 Å². The second kappa shape index (κ2) is 9.13. The van der Waals surface area contributed by atoms with Gasteiger partial charge in [0.05, 0.1) is 29.0 Å². The maximum atomic E-state index is 11.1. The van der Waals surface area contributed by atoms with E-state index in [-0.39, 0.29) is 28.2 Å². The third-order valence-corrected chi connectivity index (χ3v) is 5.68. The second-order valence-corrected chi connectivity index (χ2v) is 7.89. The van der Waals surface area contributed by atoms with Crippen LogP contribution in [0.2, 0.25) is 0 Å². The highest BCUT2D eigenvalue weighted by atomic mass is 16.6. The molecule has 3 aliphatic rings. The van der Waals surface area contributed by atoms with E-state index in [1.807, 2.05) is 0 Å². The van der Waals surface area contributed by atoms with Crippen molar-refractivity contribution < 1.29 is 19.7 Å². The van der Waals surface area contributed by atoms with Crippen LogP contribution in [0.25, 0.3) is 0 Å². The standard InChI is InChI=1S/C14H16N2O3.C8H6N2O3/c17-16(18)13-6-10-8-15-9-11(10)7-14(13)19-12-4-2-1-3-5-12;11-8-2-6-4-9-3-5(6)1-7(8)10(12)13/h6-8,12H,1-5,9H2;1-3,11H,4H2. The van der Waals surface area contributed by atoms with E-state index in [0.717, 1.165) is 42.4 Å². The molecule has 2 aliphatic heterocycles. The van der Waals surface area contributed by atoms with Crippen molar-refractivity contribution in [2.24, 2.45) is 9.98 Å². The number of benzene rings is 2. The molecule has 32 heavy (non-hydrogen) atoms. The second-order valence-electron chi connectivity index (χ2n) is 7.89. The number of hydrogen-bond acceptors (Lipinski definition) is 8. The first-order valence-electron chi connectivity index (χ1n) is 10.4. The van der Waals surface area contributed by atoms with Gasteiger partial charge in [-0.1, -0.05) is 6.42 Å². The Morgan fingerprint density at radius 1 is 0.844 bits per heavy atom. The lowest BCUT2D eigenvalue weighted by molar-refractivity contribution is -0.386. The highest BCUT2D eigenvalue weighted by molar-refractivity contribution is 5.87. The molecule has 0 unspecified atom stereocenters. The maximum Gasteiger partial charge on any atom is 0.311 e. The van der Waals surface area contributed by atoms with E-state index in [4.69, 9.17) is 4.74 Å². The molecule has 0 amide bonds. The van der Waals surface area contributed by atoms with Gasteiger partial charge in [0.15, 0.2) is 11.5 Å². The number of nitro groups is 2. The van der Waals surface area contributed by atoms with E-state index in [9.17, 15) is 25.3 Å². The van der Waals surface area contributed by atoms with Gasteiger partial charge in [0.1, 0.15) is 0 Å². The zero-order valence-corrected chi connectivity index (χ0v) is 17.3. The van der Waals surface area contributed by atoms with Crippen molar-refractivity contribution in [2.75, 3.05) is 0 Å². The van der Waals surface area contributed by atoms with Crippen LogP contribution in [-0.2, 0) is 13.1 Å². The third-order valence-electron chi connectivity index (χ3n) is 5.68. The number of nitrogens with zero attached hydrogens (tertiary/aromatic N) is 4. The minimum absolute atomic E-state index is 0.0534. The minimum Gasteiger partial charge on any atom is -0.502 e. The first-order chi connectivity index (χ1) is 15.4. The van der Waals surface area contributed by atoms with Gasteiger partial charge in [0, 0.05) is 35.7 Å². The van der Waals surface area contributed by atoms with Crippen LogP contribution < -0.4 is 4.74 Å². The van der Waals surface area contributed by atoms with Gasteiger partial charge in [-0.3, -0.25) is 30.2 Å². The van der Waals surface area contributed by atoms with Crippen LogP contribution in [0.5, 0.6) is 11.5 Å². The Morgan fingerprint density at radius 3 is 2.00 bits per heavy atom. The van der Waals surface area contributed by atoms with Crippen LogP contribution in [0.15, 0.2) is 34.3 Å². The molecule has 10 nitrogen and oxygen atoms in total. The Bertz CT molecular complexity index is 1120. The van der Waals surface area contributed by atoms with Crippen molar-refractivity contribution in [2.45, 2.75) is 51.3 Å². The third kappa shape index (κ3) is 4.58. The van der Waals surface area contributed by atoms with Gasteiger partial charge in [-0.25, -0.2) is 0 Å². The lowest BCUT2D eigenvalue weighted by Crippen LogP contribution is -2.20. The molecular weight excluding hydrogens is 416 g/mol. The largest absolute Gasteiger partial charge is 0.502 e. The summed E-state index contributed by atoms with van der Waals surface area (Å²) in [5.41, 5.74) is 3.16. The summed E-state index contributed by atoms with van der Waals surface area (Å²) in [7, 11) is 0. The van der Waals surface area contributed by atoms with Gasteiger partial charge in [-0.2, -0.15) is 0 Å². The van der Waals surface area contributed by atoms with E-state index in [1.165, 1.54) is 18.6 Å². The van der Waals surface area contributed by atoms with Crippen LogP contribution in [0.3, 0.4) is 0 Å². The number of rotatable bonds is 4. The molecule has 1 fully saturated rings. The lowest BCUT2D eigenvalue weighted by atomic mass is 9.97. The van der Waals surface area contributed by atoms with E-state index >= 15 is 0 Å². The molecule has 5 rings (SSSR count). The summed E-state index contributed by atoms with van der Waals surface area (Å²) in [6.45, 7) is 1.08. The summed E-state index contributed by atoms with van der Waals surface area (Å²) in [6.07, 6.45) is 8.89. The average Bonchev–Trinajstić information content (AvgIpc) is 3.42. The minimum atomic E-state index is -0.609. The van der Waals surface area contributed by atoms with E-state index in [2.05, 4.69) is 9.98 Å². The molecule has 0 saturated heterocycles. The Labute approximate surface area is 183 Å². The molecule has 0 spiro atoms. The lowest BCUT2D eigenvalue weighted by Gasteiger charge is -2.23. The van der Waals surface area contributed by atoms with Gasteiger partial charge in [-0.15, -0.1) is 0 Å². The highest BCUT2D eigenvalue weighted by Crippen LogP contribution is 2.35. The number of aliphatic imine (C=N–C) groups is 2. The Kier molecular flexibility index (Phi) is 6.11. The summed E-state index contributed by atoms with van der Waals surface area (Å²) >= 11 is 0. The number of nitro benzene ring substituents is 2. The van der Waals surface area contributed by atoms with E-state index < -0.39 is 4.92 Å². The zero-order chi connectivity index (χ0) is 22.7. The van der Waals surface area contributed by atoms with Gasteiger partial charge in [-0.05, 0) is 48.9 Å². The molecule has 2 heterocycles. The normalized spacial score (nSPS) is 16.1. The molecule has 0 bridgehead atoms. The molecule has 2 aromatic carbocycles. The molecule has 0 atom stereocenters. The average molecular weight is 438 g/mol. The highest BCUT2D eigenvalue weighted by Gasteiger charge is 2.24. The molecule has 1 saturated carbocycles. The molecule has 2 aromatic rings. The van der Waals surface area contributed by atoms with Crippen molar-refractivity contribution in [1.82, 2.24) is 0 Å².